The van der Waals surface area contributed by atoms with Crippen LogP contribution in [0, 0.1) is 12.7 Å². The Hall–Kier alpha value is -2.14. The van der Waals surface area contributed by atoms with Gasteiger partial charge in [0, 0.05) is 44.7 Å². The van der Waals surface area contributed by atoms with Crippen molar-refractivity contribution in [3.63, 3.8) is 0 Å². The summed E-state index contributed by atoms with van der Waals surface area (Å²) in [6, 6.07) is 6.74. The summed E-state index contributed by atoms with van der Waals surface area (Å²) in [5.41, 5.74) is 2.75. The lowest BCUT2D eigenvalue weighted by Gasteiger charge is -2.27. The molecular weight excluding hydrogens is 343 g/mol. The van der Waals surface area contributed by atoms with Crippen molar-refractivity contribution in [1.82, 2.24) is 9.80 Å². The van der Waals surface area contributed by atoms with Crippen LogP contribution in [-0.4, -0.2) is 35.3 Å². The van der Waals surface area contributed by atoms with E-state index in [2.05, 4.69) is 4.90 Å². The SMILES string of the molecule is Cc1oc2c(c1C(=O)N1CCCCCC1)CN(Cc1cccc(F)c1)CC2. The minimum atomic E-state index is -0.207. The summed E-state index contributed by atoms with van der Waals surface area (Å²) in [4.78, 5) is 17.5. The van der Waals surface area contributed by atoms with Crippen molar-refractivity contribution < 1.29 is 13.6 Å². The van der Waals surface area contributed by atoms with Crippen LogP contribution in [0.15, 0.2) is 28.7 Å². The molecule has 4 nitrogen and oxygen atoms in total. The summed E-state index contributed by atoms with van der Waals surface area (Å²) >= 11 is 0. The smallest absolute Gasteiger partial charge is 0.257 e. The van der Waals surface area contributed by atoms with Gasteiger partial charge in [-0.1, -0.05) is 25.0 Å². The van der Waals surface area contributed by atoms with Gasteiger partial charge < -0.3 is 9.32 Å². The quantitative estimate of drug-likeness (QED) is 0.808. The molecule has 2 aliphatic heterocycles. The predicted octanol–water partition coefficient (Wildman–Crippen LogP) is 4.30. The molecule has 0 N–H and O–H groups in total. The van der Waals surface area contributed by atoms with E-state index < -0.39 is 0 Å². The van der Waals surface area contributed by atoms with E-state index in [1.807, 2.05) is 17.9 Å². The van der Waals surface area contributed by atoms with E-state index in [0.717, 1.165) is 67.1 Å². The topological polar surface area (TPSA) is 36.7 Å². The lowest BCUT2D eigenvalue weighted by atomic mass is 10.0. The van der Waals surface area contributed by atoms with Crippen molar-refractivity contribution in [3.05, 3.63) is 58.3 Å². The van der Waals surface area contributed by atoms with Gasteiger partial charge in [-0.25, -0.2) is 4.39 Å². The molecule has 2 aromatic rings. The molecule has 144 valence electrons. The number of fused-ring (bicyclic) bond motifs is 1. The first-order chi connectivity index (χ1) is 13.1. The zero-order valence-corrected chi connectivity index (χ0v) is 16.0. The number of carbonyl (C=O) groups is 1. The summed E-state index contributed by atoms with van der Waals surface area (Å²) in [5, 5.41) is 0. The third kappa shape index (κ3) is 3.93. The monoisotopic (exact) mass is 370 g/mol. The molecule has 0 saturated carbocycles. The molecule has 5 heteroatoms. The third-order valence-corrected chi connectivity index (χ3v) is 5.71. The highest BCUT2D eigenvalue weighted by Crippen LogP contribution is 2.30. The van der Waals surface area contributed by atoms with Gasteiger partial charge in [-0.15, -0.1) is 0 Å². The molecular formula is C22H27FN2O2. The van der Waals surface area contributed by atoms with Crippen LogP contribution >= 0.6 is 0 Å². The molecule has 1 amide bonds. The van der Waals surface area contributed by atoms with E-state index in [1.165, 1.54) is 18.9 Å². The van der Waals surface area contributed by atoms with Crippen LogP contribution in [0.3, 0.4) is 0 Å². The van der Waals surface area contributed by atoms with Gasteiger partial charge in [0.05, 0.1) is 5.56 Å². The standard InChI is InChI=1S/C22H27FN2O2/c1-16-21(22(26)25-10-4-2-3-5-11-25)19-15-24(12-9-20(19)27-16)14-17-7-6-8-18(23)13-17/h6-8,13H,2-5,9-12,14-15H2,1H3. The van der Waals surface area contributed by atoms with Gasteiger partial charge in [0.15, 0.2) is 0 Å². The number of nitrogens with zero attached hydrogens (tertiary/aromatic N) is 2. The molecule has 3 heterocycles. The fraction of sp³-hybridized carbons (Fsp3) is 0.500. The molecule has 1 aromatic heterocycles. The second kappa shape index (κ2) is 7.85. The number of carbonyl (C=O) groups excluding carboxylic acids is 1. The second-order valence-corrected chi connectivity index (χ2v) is 7.73. The summed E-state index contributed by atoms with van der Waals surface area (Å²) < 4.78 is 19.5. The Morgan fingerprint density at radius 1 is 1.15 bits per heavy atom. The number of furan rings is 1. The van der Waals surface area contributed by atoms with Crippen LogP contribution in [0.2, 0.25) is 0 Å². The normalized spacial score (nSPS) is 18.2. The fourth-order valence-electron chi connectivity index (χ4n) is 4.32. The number of aryl methyl sites for hydroxylation is 1. The van der Waals surface area contributed by atoms with Crippen LogP contribution in [0.5, 0.6) is 0 Å². The molecule has 0 unspecified atom stereocenters. The minimum absolute atomic E-state index is 0.118. The van der Waals surface area contributed by atoms with E-state index in [9.17, 15) is 9.18 Å². The average molecular weight is 370 g/mol. The van der Waals surface area contributed by atoms with Gasteiger partial charge >= 0.3 is 0 Å². The van der Waals surface area contributed by atoms with E-state index in [4.69, 9.17) is 4.42 Å². The molecule has 0 bridgehead atoms. The first-order valence-electron chi connectivity index (χ1n) is 9.99. The van der Waals surface area contributed by atoms with Crippen molar-refractivity contribution in [2.75, 3.05) is 19.6 Å². The van der Waals surface area contributed by atoms with Crippen molar-refractivity contribution in [1.29, 1.82) is 0 Å². The second-order valence-electron chi connectivity index (χ2n) is 7.73. The highest BCUT2D eigenvalue weighted by Gasteiger charge is 2.30. The van der Waals surface area contributed by atoms with Crippen LogP contribution < -0.4 is 0 Å². The molecule has 1 saturated heterocycles. The zero-order chi connectivity index (χ0) is 18.8. The molecule has 4 rings (SSSR count). The highest BCUT2D eigenvalue weighted by atomic mass is 19.1. The van der Waals surface area contributed by atoms with E-state index >= 15 is 0 Å². The molecule has 0 aliphatic carbocycles. The van der Waals surface area contributed by atoms with Crippen LogP contribution in [0.25, 0.3) is 0 Å². The van der Waals surface area contributed by atoms with Crippen molar-refractivity contribution >= 4 is 5.91 Å². The first-order valence-corrected chi connectivity index (χ1v) is 9.99. The number of rotatable bonds is 3. The molecule has 1 fully saturated rings. The molecule has 0 radical (unpaired) electrons. The largest absolute Gasteiger partial charge is 0.465 e. The van der Waals surface area contributed by atoms with Gasteiger partial charge in [0.25, 0.3) is 5.91 Å². The number of likely N-dealkylation sites (tertiary alicyclic amines) is 1. The van der Waals surface area contributed by atoms with Crippen LogP contribution in [-0.2, 0) is 19.5 Å². The van der Waals surface area contributed by atoms with Crippen LogP contribution in [0.1, 0.15) is 58.7 Å². The van der Waals surface area contributed by atoms with Gasteiger partial charge in [0.2, 0.25) is 0 Å². The Morgan fingerprint density at radius 3 is 2.67 bits per heavy atom. The van der Waals surface area contributed by atoms with Crippen LogP contribution in [0.4, 0.5) is 4.39 Å². The van der Waals surface area contributed by atoms with Gasteiger partial charge in [0.1, 0.15) is 17.3 Å². The summed E-state index contributed by atoms with van der Waals surface area (Å²) in [6.07, 6.45) is 5.35. The average Bonchev–Trinajstić information content (AvgIpc) is 2.82. The van der Waals surface area contributed by atoms with Crippen molar-refractivity contribution in [2.45, 2.75) is 52.1 Å². The zero-order valence-electron chi connectivity index (χ0n) is 16.0. The van der Waals surface area contributed by atoms with Gasteiger partial charge in [-0.3, -0.25) is 9.69 Å². The highest BCUT2D eigenvalue weighted by molar-refractivity contribution is 5.97. The van der Waals surface area contributed by atoms with E-state index in [1.54, 1.807) is 12.1 Å². The Morgan fingerprint density at radius 2 is 1.93 bits per heavy atom. The first kappa shape index (κ1) is 18.2. The maximum Gasteiger partial charge on any atom is 0.257 e. The minimum Gasteiger partial charge on any atom is -0.465 e. The van der Waals surface area contributed by atoms with Gasteiger partial charge in [-0.2, -0.15) is 0 Å². The maximum absolute atomic E-state index is 13.5. The summed E-state index contributed by atoms with van der Waals surface area (Å²) in [7, 11) is 0. The number of hydrogen-bond donors (Lipinski definition) is 0. The van der Waals surface area contributed by atoms with E-state index in [0.29, 0.717) is 13.1 Å². The Bertz CT molecular complexity index is 822. The Balaban J connectivity index is 1.54. The number of amides is 1. The lowest BCUT2D eigenvalue weighted by Crippen LogP contribution is -2.35. The third-order valence-electron chi connectivity index (χ3n) is 5.71. The predicted molar refractivity (Wildman–Crippen MR) is 102 cm³/mol. The summed E-state index contributed by atoms with van der Waals surface area (Å²) in [5.74, 6) is 1.59. The van der Waals surface area contributed by atoms with Crippen molar-refractivity contribution in [2.24, 2.45) is 0 Å². The van der Waals surface area contributed by atoms with E-state index in [-0.39, 0.29) is 11.7 Å². The fourth-order valence-corrected chi connectivity index (χ4v) is 4.32. The lowest BCUT2D eigenvalue weighted by molar-refractivity contribution is 0.0757. The molecule has 2 aliphatic rings. The molecule has 0 atom stereocenters. The maximum atomic E-state index is 13.5. The van der Waals surface area contributed by atoms with Gasteiger partial charge in [-0.05, 0) is 37.5 Å². The molecule has 1 aromatic carbocycles. The summed E-state index contributed by atoms with van der Waals surface area (Å²) in [6.45, 7) is 5.79. The number of hydrogen-bond acceptors (Lipinski definition) is 3. The number of halogens is 1. The molecule has 0 spiro atoms. The number of benzene rings is 1. The Labute approximate surface area is 159 Å². The van der Waals surface area contributed by atoms with Crippen molar-refractivity contribution in [3.8, 4) is 0 Å². The molecule has 27 heavy (non-hydrogen) atoms. The Kier molecular flexibility index (Phi) is 5.30.